The van der Waals surface area contributed by atoms with Gasteiger partial charge in [-0.1, -0.05) is 6.42 Å². The number of benzene rings is 1. The van der Waals surface area contributed by atoms with E-state index in [1.807, 2.05) is 11.8 Å². The first-order valence-corrected chi connectivity index (χ1v) is 11.9. The summed E-state index contributed by atoms with van der Waals surface area (Å²) in [5, 5.41) is 0. The number of hydrogen-bond donors (Lipinski definition) is 0. The second-order valence-electron chi connectivity index (χ2n) is 8.36. The molecular weight excluding hydrogens is 389 g/mol. The van der Waals surface area contributed by atoms with Crippen molar-refractivity contribution >= 4 is 29.3 Å². The molecule has 3 heterocycles. The van der Waals surface area contributed by atoms with E-state index in [1.54, 1.807) is 17.0 Å². The van der Waals surface area contributed by atoms with E-state index in [-0.39, 0.29) is 36.0 Å². The Morgan fingerprint density at radius 2 is 1.83 bits per heavy atom. The maximum absolute atomic E-state index is 13.4. The van der Waals surface area contributed by atoms with E-state index < -0.39 is 0 Å². The van der Waals surface area contributed by atoms with Crippen LogP contribution in [-0.4, -0.2) is 71.9 Å². The second kappa shape index (κ2) is 9.47. The van der Waals surface area contributed by atoms with Crippen molar-refractivity contribution in [1.82, 2.24) is 9.80 Å². The van der Waals surface area contributed by atoms with Gasteiger partial charge >= 0.3 is 0 Å². The Hall–Kier alpha value is -1.60. The van der Waals surface area contributed by atoms with Gasteiger partial charge in [0.2, 0.25) is 11.8 Å². The summed E-state index contributed by atoms with van der Waals surface area (Å²) in [6, 6.07) is 6.17. The minimum Gasteiger partial charge on any atom is -0.337 e. The van der Waals surface area contributed by atoms with Crippen molar-refractivity contribution in [1.29, 1.82) is 0 Å². The molecule has 0 aromatic heterocycles. The van der Waals surface area contributed by atoms with E-state index in [1.165, 1.54) is 31.4 Å². The molecule has 3 aliphatic heterocycles. The molecule has 0 spiro atoms. The van der Waals surface area contributed by atoms with Gasteiger partial charge in [0.1, 0.15) is 5.82 Å². The maximum atomic E-state index is 13.4. The molecule has 0 saturated carbocycles. The third kappa shape index (κ3) is 4.94. The molecule has 0 N–H and O–H groups in total. The van der Waals surface area contributed by atoms with Gasteiger partial charge in [0.05, 0.1) is 12.0 Å². The van der Waals surface area contributed by atoms with Gasteiger partial charge in [-0.05, 0) is 62.4 Å². The molecule has 3 aliphatic rings. The van der Waals surface area contributed by atoms with Crippen LogP contribution in [0.25, 0.3) is 0 Å². The van der Waals surface area contributed by atoms with Crippen molar-refractivity contribution in [3.63, 3.8) is 0 Å². The lowest BCUT2D eigenvalue weighted by atomic mass is 10.0. The van der Waals surface area contributed by atoms with Gasteiger partial charge in [0.25, 0.3) is 0 Å². The molecule has 0 bridgehead atoms. The second-order valence-corrected chi connectivity index (χ2v) is 9.51. The molecular formula is C22H30FN3O2S. The van der Waals surface area contributed by atoms with Crippen molar-refractivity contribution in [2.24, 2.45) is 5.92 Å². The smallest absolute Gasteiger partial charge is 0.228 e. The van der Waals surface area contributed by atoms with Crippen molar-refractivity contribution in [3.8, 4) is 0 Å². The first-order chi connectivity index (χ1) is 14.1. The average molecular weight is 420 g/mol. The highest BCUT2D eigenvalue weighted by molar-refractivity contribution is 7.99. The number of carbonyl (C=O) groups excluding carboxylic acids is 2. The molecule has 2 atom stereocenters. The van der Waals surface area contributed by atoms with Crippen LogP contribution in [0, 0.1) is 11.7 Å². The number of thioether (sulfide) groups is 1. The molecule has 0 radical (unpaired) electrons. The summed E-state index contributed by atoms with van der Waals surface area (Å²) in [6.07, 6.45) is 5.06. The zero-order chi connectivity index (χ0) is 20.2. The Morgan fingerprint density at radius 3 is 2.59 bits per heavy atom. The van der Waals surface area contributed by atoms with Crippen molar-refractivity contribution in [2.45, 2.75) is 38.1 Å². The van der Waals surface area contributed by atoms with Gasteiger partial charge in [-0.3, -0.25) is 9.59 Å². The lowest BCUT2D eigenvalue weighted by molar-refractivity contribution is -0.138. The number of amides is 2. The fourth-order valence-electron chi connectivity index (χ4n) is 4.69. The Bertz CT molecular complexity index is 723. The van der Waals surface area contributed by atoms with Crippen LogP contribution >= 0.6 is 11.8 Å². The van der Waals surface area contributed by atoms with Crippen molar-refractivity contribution < 1.29 is 14.0 Å². The van der Waals surface area contributed by atoms with Crippen LogP contribution in [-0.2, 0) is 9.59 Å². The Morgan fingerprint density at radius 1 is 1.07 bits per heavy atom. The lowest BCUT2D eigenvalue weighted by Gasteiger charge is -2.36. The summed E-state index contributed by atoms with van der Waals surface area (Å²) in [6.45, 7) is 4.38. The number of rotatable bonds is 4. The molecule has 0 aliphatic carbocycles. The number of piperidine rings is 1. The molecule has 2 unspecified atom stereocenters. The van der Waals surface area contributed by atoms with Crippen molar-refractivity contribution in [2.75, 3.05) is 49.1 Å². The van der Waals surface area contributed by atoms with Crippen LogP contribution < -0.4 is 4.90 Å². The Kier molecular flexibility index (Phi) is 6.75. The number of halogens is 1. The molecule has 29 heavy (non-hydrogen) atoms. The molecule has 5 nitrogen and oxygen atoms in total. The SMILES string of the molecule is O=C1CC(C(=O)N2CCCSCC2CN2CCCCC2)CN1c1ccc(F)cc1. The zero-order valence-corrected chi connectivity index (χ0v) is 17.7. The summed E-state index contributed by atoms with van der Waals surface area (Å²) < 4.78 is 13.2. The predicted octanol–water partition coefficient (Wildman–Crippen LogP) is 3.00. The van der Waals surface area contributed by atoms with E-state index >= 15 is 0 Å². The topological polar surface area (TPSA) is 43.9 Å². The molecule has 7 heteroatoms. The van der Waals surface area contributed by atoms with Crippen LogP contribution in [0.15, 0.2) is 24.3 Å². The quantitative estimate of drug-likeness (QED) is 0.753. The third-order valence-electron chi connectivity index (χ3n) is 6.25. The first-order valence-electron chi connectivity index (χ1n) is 10.8. The minimum absolute atomic E-state index is 0.0493. The largest absolute Gasteiger partial charge is 0.337 e. The molecule has 158 valence electrons. The molecule has 3 fully saturated rings. The van der Waals surface area contributed by atoms with E-state index in [4.69, 9.17) is 0 Å². The standard InChI is InChI=1S/C22H30FN3O2S/c23-18-5-7-19(8-6-18)26-14-17(13-21(26)27)22(28)25-11-4-12-29-16-20(25)15-24-9-2-1-3-10-24/h5-8,17,20H,1-4,9-16H2. The summed E-state index contributed by atoms with van der Waals surface area (Å²) in [5.74, 6) is 1.50. The number of carbonyl (C=O) groups is 2. The molecule has 1 aromatic carbocycles. The highest BCUT2D eigenvalue weighted by atomic mass is 32.2. The summed E-state index contributed by atoms with van der Waals surface area (Å²) >= 11 is 1.94. The first kappa shape index (κ1) is 20.7. The van der Waals surface area contributed by atoms with Crippen LogP contribution in [0.4, 0.5) is 10.1 Å². The molecule has 2 amide bonds. The predicted molar refractivity (Wildman–Crippen MR) is 115 cm³/mol. The number of nitrogens with zero attached hydrogens (tertiary/aromatic N) is 3. The van der Waals surface area contributed by atoms with Gasteiger partial charge in [0, 0.05) is 37.5 Å². The number of hydrogen-bond acceptors (Lipinski definition) is 4. The van der Waals surface area contributed by atoms with E-state index in [0.29, 0.717) is 12.2 Å². The van der Waals surface area contributed by atoms with Gasteiger partial charge < -0.3 is 14.7 Å². The summed E-state index contributed by atoms with van der Waals surface area (Å²) in [7, 11) is 0. The summed E-state index contributed by atoms with van der Waals surface area (Å²) in [5.41, 5.74) is 0.669. The maximum Gasteiger partial charge on any atom is 0.228 e. The fraction of sp³-hybridized carbons (Fsp3) is 0.636. The minimum atomic E-state index is -0.323. The Labute approximate surface area is 176 Å². The number of anilines is 1. The van der Waals surface area contributed by atoms with Gasteiger partial charge in [-0.15, -0.1) is 0 Å². The average Bonchev–Trinajstić information content (AvgIpc) is 2.97. The van der Waals surface area contributed by atoms with Crippen LogP contribution in [0.2, 0.25) is 0 Å². The zero-order valence-electron chi connectivity index (χ0n) is 16.9. The van der Waals surface area contributed by atoms with E-state index in [2.05, 4.69) is 9.80 Å². The van der Waals surface area contributed by atoms with Crippen molar-refractivity contribution in [3.05, 3.63) is 30.1 Å². The third-order valence-corrected chi connectivity index (χ3v) is 7.45. The summed E-state index contributed by atoms with van der Waals surface area (Å²) in [4.78, 5) is 32.2. The highest BCUT2D eigenvalue weighted by Crippen LogP contribution is 2.28. The molecule has 1 aromatic rings. The van der Waals surface area contributed by atoms with Crippen LogP contribution in [0.3, 0.4) is 0 Å². The van der Waals surface area contributed by atoms with Gasteiger partial charge in [0.15, 0.2) is 0 Å². The fourth-order valence-corrected chi connectivity index (χ4v) is 5.75. The molecule has 4 rings (SSSR count). The van der Waals surface area contributed by atoms with Gasteiger partial charge in [-0.2, -0.15) is 11.8 Å². The Balaban J connectivity index is 1.44. The highest BCUT2D eigenvalue weighted by Gasteiger charge is 2.39. The van der Waals surface area contributed by atoms with E-state index in [9.17, 15) is 14.0 Å². The normalized spacial score (nSPS) is 26.6. The van der Waals surface area contributed by atoms with Crippen LogP contribution in [0.1, 0.15) is 32.1 Å². The lowest BCUT2D eigenvalue weighted by Crippen LogP contribution is -2.51. The monoisotopic (exact) mass is 419 g/mol. The molecule has 3 saturated heterocycles. The van der Waals surface area contributed by atoms with Gasteiger partial charge in [-0.25, -0.2) is 4.39 Å². The van der Waals surface area contributed by atoms with Crippen LogP contribution in [0.5, 0.6) is 0 Å². The van der Waals surface area contributed by atoms with E-state index in [0.717, 1.165) is 44.1 Å². The number of likely N-dealkylation sites (tertiary alicyclic amines) is 1.